The lowest BCUT2D eigenvalue weighted by Gasteiger charge is -1.97. The van der Waals surface area contributed by atoms with Crippen LogP contribution >= 0.6 is 0 Å². The van der Waals surface area contributed by atoms with Crippen molar-refractivity contribution in [2.75, 3.05) is 0 Å². The predicted octanol–water partition coefficient (Wildman–Crippen LogP) is 2.27. The highest BCUT2D eigenvalue weighted by Gasteiger charge is 1.98. The molecule has 0 fully saturated rings. The zero-order chi connectivity index (χ0) is 11.1. The third kappa shape index (κ3) is 3.27. The topological polar surface area (TPSA) is 65.2 Å². The van der Waals surface area contributed by atoms with Crippen LogP contribution in [0.15, 0.2) is 52.8 Å². The molecule has 0 aliphatic heterocycles. The molecule has 1 aromatic carbocycles. The van der Waals surface area contributed by atoms with E-state index in [1.54, 1.807) is 19.1 Å². The number of hydrogen-bond acceptors (Lipinski definition) is 4. The van der Waals surface area contributed by atoms with Gasteiger partial charge in [0.1, 0.15) is 5.71 Å². The van der Waals surface area contributed by atoms with E-state index in [2.05, 4.69) is 10.3 Å². The molecule has 2 N–H and O–H groups in total. The smallest absolute Gasteiger partial charge is 0.109 e. The van der Waals surface area contributed by atoms with Gasteiger partial charge in [-0.15, -0.1) is 0 Å². The van der Waals surface area contributed by atoms with E-state index in [-0.39, 0.29) is 0 Å². The fourth-order valence-electron chi connectivity index (χ4n) is 1.03. The molecule has 0 atom stereocenters. The van der Waals surface area contributed by atoms with E-state index in [4.69, 9.17) is 10.4 Å². The summed E-state index contributed by atoms with van der Waals surface area (Å²) in [6.45, 7) is 1.64. The van der Waals surface area contributed by atoms with Gasteiger partial charge in [-0.3, -0.25) is 0 Å². The van der Waals surface area contributed by atoms with Crippen molar-refractivity contribution in [3.63, 3.8) is 0 Å². The number of allylic oxidation sites excluding steroid dienone is 2. The Morgan fingerprint density at radius 1 is 1.07 bits per heavy atom. The van der Waals surface area contributed by atoms with Crippen LogP contribution in [0.2, 0.25) is 0 Å². The van der Waals surface area contributed by atoms with Gasteiger partial charge in [0.05, 0.1) is 5.71 Å². The summed E-state index contributed by atoms with van der Waals surface area (Å²) in [4.78, 5) is 0. The molecule has 1 aromatic rings. The molecule has 0 bridgehead atoms. The molecule has 15 heavy (non-hydrogen) atoms. The van der Waals surface area contributed by atoms with Crippen molar-refractivity contribution < 1.29 is 10.4 Å². The summed E-state index contributed by atoms with van der Waals surface area (Å²) in [7, 11) is 0. The van der Waals surface area contributed by atoms with Crippen molar-refractivity contribution in [3.05, 3.63) is 48.0 Å². The van der Waals surface area contributed by atoms with E-state index in [1.807, 2.05) is 30.3 Å². The summed E-state index contributed by atoms with van der Waals surface area (Å²) in [5.41, 5.74) is 1.65. The van der Waals surface area contributed by atoms with Crippen molar-refractivity contribution in [1.29, 1.82) is 0 Å². The molecule has 0 radical (unpaired) electrons. The van der Waals surface area contributed by atoms with Gasteiger partial charge in [-0.25, -0.2) is 0 Å². The van der Waals surface area contributed by atoms with E-state index < -0.39 is 0 Å². The van der Waals surface area contributed by atoms with Crippen molar-refractivity contribution in [3.8, 4) is 0 Å². The van der Waals surface area contributed by atoms with Crippen molar-refractivity contribution in [1.82, 2.24) is 0 Å². The molecule has 0 unspecified atom stereocenters. The highest BCUT2D eigenvalue weighted by Crippen LogP contribution is 2.02. The fourth-order valence-corrected chi connectivity index (χ4v) is 1.03. The van der Waals surface area contributed by atoms with E-state index in [0.29, 0.717) is 11.4 Å². The molecule has 0 saturated heterocycles. The van der Waals surface area contributed by atoms with Crippen LogP contribution in [0, 0.1) is 0 Å². The Balaban J connectivity index is 2.89. The van der Waals surface area contributed by atoms with Gasteiger partial charge in [0.25, 0.3) is 0 Å². The molecule has 0 amide bonds. The van der Waals surface area contributed by atoms with Crippen molar-refractivity contribution in [2.24, 2.45) is 10.3 Å². The molecule has 0 saturated carbocycles. The zero-order valence-corrected chi connectivity index (χ0v) is 8.33. The standard InChI is InChI=1S/C11H12N2O2/c1-9(12-14)7-8-11(13-15)10-5-3-2-4-6-10/h2-8,14-15H,1H3/b8-7+,12-9+,13-11-. The molecule has 1 rings (SSSR count). The van der Waals surface area contributed by atoms with E-state index in [0.717, 1.165) is 5.56 Å². The Labute approximate surface area is 87.9 Å². The van der Waals surface area contributed by atoms with Crippen LogP contribution in [0.1, 0.15) is 12.5 Å². The maximum Gasteiger partial charge on any atom is 0.109 e. The number of oxime groups is 2. The third-order valence-corrected chi connectivity index (χ3v) is 1.82. The number of benzene rings is 1. The summed E-state index contributed by atoms with van der Waals surface area (Å²) in [6, 6.07) is 9.22. The van der Waals surface area contributed by atoms with Gasteiger partial charge in [-0.05, 0) is 19.1 Å². The average Bonchev–Trinajstić information content (AvgIpc) is 2.31. The normalized spacial score (nSPS) is 13.4. The molecule has 4 nitrogen and oxygen atoms in total. The van der Waals surface area contributed by atoms with Crippen molar-refractivity contribution >= 4 is 11.4 Å². The van der Waals surface area contributed by atoms with Crippen LogP contribution < -0.4 is 0 Å². The Hall–Kier alpha value is -2.10. The fraction of sp³-hybridized carbons (Fsp3) is 0.0909. The molecule has 0 spiro atoms. The first-order valence-electron chi connectivity index (χ1n) is 4.42. The quantitative estimate of drug-likeness (QED) is 0.450. The molecule has 0 heterocycles. The monoisotopic (exact) mass is 204 g/mol. The van der Waals surface area contributed by atoms with E-state index in [9.17, 15) is 0 Å². The second-order valence-electron chi connectivity index (χ2n) is 2.93. The molecule has 78 valence electrons. The molecule has 0 aromatic heterocycles. The molecule has 0 aliphatic rings. The maximum atomic E-state index is 8.80. The highest BCUT2D eigenvalue weighted by molar-refractivity contribution is 6.11. The van der Waals surface area contributed by atoms with Gasteiger partial charge in [0.15, 0.2) is 0 Å². The lowest BCUT2D eigenvalue weighted by atomic mass is 10.1. The SMILES string of the molecule is CC(/C=C/C(=N/O)c1ccccc1)=N\O. The summed E-state index contributed by atoms with van der Waals surface area (Å²) < 4.78 is 0. The van der Waals surface area contributed by atoms with Gasteiger partial charge in [-0.2, -0.15) is 0 Å². The zero-order valence-electron chi connectivity index (χ0n) is 8.33. The molecular formula is C11H12N2O2. The minimum absolute atomic E-state index is 0.415. The lowest BCUT2D eigenvalue weighted by Crippen LogP contribution is -1.97. The van der Waals surface area contributed by atoms with Crippen LogP contribution in [0.25, 0.3) is 0 Å². The van der Waals surface area contributed by atoms with Crippen molar-refractivity contribution in [2.45, 2.75) is 6.92 Å². The minimum atomic E-state index is 0.415. The summed E-state index contributed by atoms with van der Waals surface area (Å²) in [6.07, 6.45) is 3.13. The third-order valence-electron chi connectivity index (χ3n) is 1.82. The second-order valence-corrected chi connectivity index (χ2v) is 2.93. The summed E-state index contributed by atoms with van der Waals surface area (Å²) in [5, 5.41) is 23.4. The average molecular weight is 204 g/mol. The van der Waals surface area contributed by atoms with Crippen LogP contribution in [0.4, 0.5) is 0 Å². The molecule has 0 aliphatic carbocycles. The minimum Gasteiger partial charge on any atom is -0.411 e. The Bertz CT molecular complexity index is 394. The number of nitrogens with zero attached hydrogens (tertiary/aromatic N) is 2. The van der Waals surface area contributed by atoms with E-state index in [1.165, 1.54) is 0 Å². The maximum absolute atomic E-state index is 8.80. The Morgan fingerprint density at radius 2 is 1.73 bits per heavy atom. The van der Waals surface area contributed by atoms with Crippen LogP contribution in [0.5, 0.6) is 0 Å². The lowest BCUT2D eigenvalue weighted by molar-refractivity contribution is 0.319. The number of rotatable bonds is 3. The second kappa shape index (κ2) is 5.59. The summed E-state index contributed by atoms with van der Waals surface area (Å²) in [5.74, 6) is 0. The van der Waals surface area contributed by atoms with E-state index >= 15 is 0 Å². The predicted molar refractivity (Wildman–Crippen MR) is 58.8 cm³/mol. The number of hydrogen-bond donors (Lipinski definition) is 2. The first kappa shape index (κ1) is 11.0. The highest BCUT2D eigenvalue weighted by atomic mass is 16.4. The van der Waals surface area contributed by atoms with Crippen LogP contribution in [0.3, 0.4) is 0 Å². The Kier molecular flexibility index (Phi) is 4.09. The van der Waals surface area contributed by atoms with Gasteiger partial charge < -0.3 is 10.4 Å². The van der Waals surface area contributed by atoms with Gasteiger partial charge >= 0.3 is 0 Å². The van der Waals surface area contributed by atoms with Gasteiger partial charge in [0, 0.05) is 5.56 Å². The van der Waals surface area contributed by atoms with Crippen LogP contribution in [-0.4, -0.2) is 21.8 Å². The van der Waals surface area contributed by atoms with Crippen LogP contribution in [-0.2, 0) is 0 Å². The first-order valence-corrected chi connectivity index (χ1v) is 4.42. The van der Waals surface area contributed by atoms with Gasteiger partial charge in [-0.1, -0.05) is 40.6 Å². The summed E-state index contributed by atoms with van der Waals surface area (Å²) >= 11 is 0. The largest absolute Gasteiger partial charge is 0.411 e. The van der Waals surface area contributed by atoms with Gasteiger partial charge in [0.2, 0.25) is 0 Å². The molecular weight excluding hydrogens is 192 g/mol. The Morgan fingerprint density at radius 3 is 2.27 bits per heavy atom. The molecule has 4 heteroatoms. The first-order chi connectivity index (χ1) is 7.27.